The molecule has 282 valence electrons. The van der Waals surface area contributed by atoms with Gasteiger partial charge < -0.3 is 10.6 Å². The van der Waals surface area contributed by atoms with Crippen molar-refractivity contribution in [3.8, 4) is 0 Å². The average molecular weight is 687 g/mol. The van der Waals surface area contributed by atoms with Crippen LogP contribution in [0, 0.1) is 52.3 Å². The molecule has 0 aliphatic heterocycles. The molecule has 0 heterocycles. The summed E-state index contributed by atoms with van der Waals surface area (Å²) in [5.74, 6) is 4.32. The molecule has 10 atom stereocenters. The summed E-state index contributed by atoms with van der Waals surface area (Å²) in [6, 6.07) is 11.9. The second-order valence-corrected chi connectivity index (χ2v) is 18.8. The van der Waals surface area contributed by atoms with Gasteiger partial charge in [-0.25, -0.2) is 0 Å². The van der Waals surface area contributed by atoms with Crippen molar-refractivity contribution in [1.82, 2.24) is 10.6 Å². The van der Waals surface area contributed by atoms with Gasteiger partial charge in [-0.3, -0.25) is 9.98 Å². The van der Waals surface area contributed by atoms with Crippen LogP contribution in [-0.4, -0.2) is 36.1 Å². The first kappa shape index (κ1) is 42.2. The summed E-state index contributed by atoms with van der Waals surface area (Å²) in [6.07, 6.45) is 6.68. The number of aliphatic imine (C=N–C) groups is 2. The molecular formula is C46H78N4. The number of nitrogens with one attached hydrogen (secondary N) is 2. The molecule has 4 heteroatoms. The van der Waals surface area contributed by atoms with Gasteiger partial charge in [0.05, 0.1) is 6.04 Å². The van der Waals surface area contributed by atoms with Crippen molar-refractivity contribution in [3.05, 3.63) is 59.3 Å². The fourth-order valence-electron chi connectivity index (χ4n) is 9.37. The second-order valence-electron chi connectivity index (χ2n) is 18.8. The van der Waals surface area contributed by atoms with Crippen molar-refractivity contribution in [2.45, 2.75) is 167 Å². The van der Waals surface area contributed by atoms with E-state index in [2.05, 4.69) is 165 Å². The van der Waals surface area contributed by atoms with Gasteiger partial charge in [0.25, 0.3) is 0 Å². The van der Waals surface area contributed by atoms with E-state index in [-0.39, 0.29) is 29.6 Å². The number of rotatable bonds is 18. The summed E-state index contributed by atoms with van der Waals surface area (Å²) in [4.78, 5) is 10.1. The summed E-state index contributed by atoms with van der Waals surface area (Å²) in [5, 5.41) is 8.00. The first-order valence-electron chi connectivity index (χ1n) is 20.3. The minimum Gasteiger partial charge on any atom is -0.382 e. The van der Waals surface area contributed by atoms with Gasteiger partial charge in [0.1, 0.15) is 0 Å². The van der Waals surface area contributed by atoms with Gasteiger partial charge in [-0.1, -0.05) is 113 Å². The van der Waals surface area contributed by atoms with E-state index in [1.165, 1.54) is 29.0 Å². The Hall–Kier alpha value is -2.20. The lowest BCUT2D eigenvalue weighted by atomic mass is 9.65. The average Bonchev–Trinajstić information content (AvgIpc) is 3.33. The highest BCUT2D eigenvalue weighted by Crippen LogP contribution is 2.72. The number of nitrogens with zero attached hydrogens (tertiary/aromatic N) is 2. The molecule has 0 saturated heterocycles. The zero-order valence-electron chi connectivity index (χ0n) is 35.3. The van der Waals surface area contributed by atoms with Gasteiger partial charge in [-0.15, -0.1) is 0 Å². The summed E-state index contributed by atoms with van der Waals surface area (Å²) >= 11 is 0. The summed E-state index contributed by atoms with van der Waals surface area (Å²) in [6.45, 7) is 42.3. The van der Waals surface area contributed by atoms with Crippen molar-refractivity contribution in [2.75, 3.05) is 0 Å². The van der Waals surface area contributed by atoms with E-state index in [9.17, 15) is 0 Å². The third kappa shape index (κ3) is 10.4. The Morgan fingerprint density at radius 3 is 2.16 bits per heavy atom. The maximum Gasteiger partial charge on any atom is 0.0694 e. The Morgan fingerprint density at radius 2 is 1.62 bits per heavy atom. The molecule has 0 amide bonds. The first-order chi connectivity index (χ1) is 23.2. The largest absolute Gasteiger partial charge is 0.382 e. The van der Waals surface area contributed by atoms with Gasteiger partial charge in [-0.2, -0.15) is 0 Å². The van der Waals surface area contributed by atoms with Crippen LogP contribution in [0.2, 0.25) is 0 Å². The topological polar surface area (TPSA) is 48.8 Å². The Kier molecular flexibility index (Phi) is 14.8. The Bertz CT molecular complexity index is 1330. The van der Waals surface area contributed by atoms with E-state index < -0.39 is 0 Å². The van der Waals surface area contributed by atoms with Gasteiger partial charge in [-0.05, 0) is 130 Å². The third-order valence-corrected chi connectivity index (χ3v) is 12.8. The Labute approximate surface area is 310 Å². The number of hydrogen-bond acceptors (Lipinski definition) is 4. The van der Waals surface area contributed by atoms with Gasteiger partial charge in [0.15, 0.2) is 0 Å². The molecule has 2 N–H and O–H groups in total. The fraction of sp³-hybridized carbons (Fsp3) is 0.739. The van der Waals surface area contributed by atoms with Crippen molar-refractivity contribution in [3.63, 3.8) is 0 Å². The molecule has 0 spiro atoms. The Morgan fingerprint density at radius 1 is 1.00 bits per heavy atom. The molecule has 0 aromatic heterocycles. The summed E-state index contributed by atoms with van der Waals surface area (Å²) < 4.78 is 0. The lowest BCUT2D eigenvalue weighted by Gasteiger charge is -2.41. The zero-order valence-corrected chi connectivity index (χ0v) is 35.3. The van der Waals surface area contributed by atoms with E-state index in [4.69, 9.17) is 9.98 Å². The van der Waals surface area contributed by atoms with E-state index in [1.807, 2.05) is 0 Å². The van der Waals surface area contributed by atoms with E-state index in [0.29, 0.717) is 47.0 Å². The maximum atomic E-state index is 5.12. The van der Waals surface area contributed by atoms with Crippen LogP contribution in [0.5, 0.6) is 0 Å². The van der Waals surface area contributed by atoms with Crippen LogP contribution < -0.4 is 10.6 Å². The molecule has 3 rings (SSSR count). The molecule has 0 radical (unpaired) electrons. The van der Waals surface area contributed by atoms with Crippen molar-refractivity contribution in [2.24, 2.45) is 62.2 Å². The highest BCUT2D eigenvalue weighted by Gasteiger charge is 2.66. The SMILES string of the molecule is C=C(C(C)N=CC(C)NC(c1ccccc1)C(C)C(C)C)C(CCC)NC(C)=C1C(C(C)C(CC(C)=NC(C)C)C(C)(C)C)CC2C1C2(C)C. The van der Waals surface area contributed by atoms with Gasteiger partial charge in [0, 0.05) is 41.8 Å². The van der Waals surface area contributed by atoms with Gasteiger partial charge >= 0.3 is 0 Å². The highest BCUT2D eigenvalue weighted by atomic mass is 15.0. The first-order valence-corrected chi connectivity index (χ1v) is 20.3. The third-order valence-electron chi connectivity index (χ3n) is 12.8. The quantitative estimate of drug-likeness (QED) is 0.119. The van der Waals surface area contributed by atoms with Crippen LogP contribution in [0.3, 0.4) is 0 Å². The van der Waals surface area contributed by atoms with Crippen LogP contribution in [-0.2, 0) is 0 Å². The molecule has 2 saturated carbocycles. The maximum absolute atomic E-state index is 5.12. The number of fused-ring (bicyclic) bond motifs is 1. The highest BCUT2D eigenvalue weighted by molar-refractivity contribution is 5.82. The minimum atomic E-state index is 0.0377. The van der Waals surface area contributed by atoms with Crippen LogP contribution in [0.4, 0.5) is 0 Å². The predicted octanol–water partition coefficient (Wildman–Crippen LogP) is 11.9. The molecule has 2 aliphatic rings. The lowest BCUT2D eigenvalue weighted by Crippen LogP contribution is -2.38. The van der Waals surface area contributed by atoms with E-state index in [1.54, 1.807) is 5.57 Å². The van der Waals surface area contributed by atoms with Gasteiger partial charge in [0.2, 0.25) is 0 Å². The van der Waals surface area contributed by atoms with E-state index >= 15 is 0 Å². The van der Waals surface area contributed by atoms with Crippen LogP contribution in [0.25, 0.3) is 0 Å². The second kappa shape index (κ2) is 17.5. The van der Waals surface area contributed by atoms with E-state index in [0.717, 1.165) is 25.2 Å². The molecule has 4 nitrogen and oxygen atoms in total. The minimum absolute atomic E-state index is 0.0377. The monoisotopic (exact) mass is 687 g/mol. The molecule has 50 heavy (non-hydrogen) atoms. The number of allylic oxidation sites excluding steroid dienone is 2. The predicted molar refractivity (Wildman–Crippen MR) is 221 cm³/mol. The van der Waals surface area contributed by atoms with Crippen molar-refractivity contribution in [1.29, 1.82) is 0 Å². The van der Waals surface area contributed by atoms with Crippen LogP contribution in [0.15, 0.2) is 63.7 Å². The van der Waals surface area contributed by atoms with Crippen LogP contribution >= 0.6 is 0 Å². The molecule has 1 aromatic carbocycles. The lowest BCUT2D eigenvalue weighted by molar-refractivity contribution is 0.133. The molecule has 1 aromatic rings. The van der Waals surface area contributed by atoms with Crippen LogP contribution in [0.1, 0.15) is 148 Å². The standard InChI is InChI=1S/C46H78N4/c1-18-22-41(33(9)35(11)47-27-31(7)49-44(32(8)28(2)3)37-23-20-19-21-24-37)50-36(12)42-38(26-40-43(42)46(40,16)17)34(10)39(45(13,14)15)25-30(6)48-29(4)5/h19-21,23-24,27-29,31-32,34-35,38-41,43-44,49-50H,9,18,22,25-26H2,1-8,10-17H3. The molecule has 2 fully saturated rings. The summed E-state index contributed by atoms with van der Waals surface area (Å²) in [7, 11) is 0. The van der Waals surface area contributed by atoms with Crippen molar-refractivity contribution >= 4 is 11.9 Å². The number of benzene rings is 1. The summed E-state index contributed by atoms with van der Waals surface area (Å²) in [5.41, 5.74) is 7.55. The normalized spacial score (nSPS) is 26.0. The zero-order chi connectivity index (χ0) is 37.7. The molecule has 2 aliphatic carbocycles. The van der Waals surface area contributed by atoms with Crippen molar-refractivity contribution < 1.29 is 0 Å². The molecule has 0 bridgehead atoms. The fourth-order valence-corrected chi connectivity index (χ4v) is 9.37. The molecular weight excluding hydrogens is 609 g/mol. The smallest absolute Gasteiger partial charge is 0.0694 e. The molecule has 10 unspecified atom stereocenters. The number of hydrogen-bond donors (Lipinski definition) is 2. The Balaban J connectivity index is 1.82.